The van der Waals surface area contributed by atoms with Crippen LogP contribution in [0.25, 0.3) is 4.83 Å². The standard InChI is InChI=1S/C8H6INOS/c1-5-4-12-8-6(9)2-3-7(11)10(5)8/h2-4H,1H3. The molecule has 2 aromatic heterocycles. The first-order chi connectivity index (χ1) is 5.70. The van der Waals surface area contributed by atoms with Crippen LogP contribution in [0.4, 0.5) is 0 Å². The molecule has 62 valence electrons. The molecule has 12 heavy (non-hydrogen) atoms. The summed E-state index contributed by atoms with van der Waals surface area (Å²) < 4.78 is 2.87. The lowest BCUT2D eigenvalue weighted by Crippen LogP contribution is -2.11. The Morgan fingerprint density at radius 3 is 2.92 bits per heavy atom. The van der Waals surface area contributed by atoms with E-state index in [1.807, 2.05) is 18.4 Å². The van der Waals surface area contributed by atoms with Crippen LogP contribution in [0.5, 0.6) is 0 Å². The van der Waals surface area contributed by atoms with Crippen molar-refractivity contribution in [2.75, 3.05) is 0 Å². The van der Waals surface area contributed by atoms with Gasteiger partial charge in [-0.05, 0) is 35.6 Å². The average molecular weight is 291 g/mol. The van der Waals surface area contributed by atoms with E-state index >= 15 is 0 Å². The molecule has 2 rings (SSSR count). The zero-order valence-corrected chi connectivity index (χ0v) is 9.35. The summed E-state index contributed by atoms with van der Waals surface area (Å²) >= 11 is 3.85. The van der Waals surface area contributed by atoms with Crippen LogP contribution in [0, 0.1) is 10.5 Å². The Balaban J connectivity index is 3.09. The molecular weight excluding hydrogens is 285 g/mol. The lowest BCUT2D eigenvalue weighted by atomic mass is 10.4. The highest BCUT2D eigenvalue weighted by Crippen LogP contribution is 2.19. The predicted molar refractivity (Wildman–Crippen MR) is 59.0 cm³/mol. The van der Waals surface area contributed by atoms with Gasteiger partial charge in [-0.15, -0.1) is 11.3 Å². The largest absolute Gasteiger partial charge is 0.271 e. The van der Waals surface area contributed by atoms with E-state index in [0.717, 1.165) is 14.1 Å². The molecule has 2 nitrogen and oxygen atoms in total. The van der Waals surface area contributed by atoms with Gasteiger partial charge in [0.2, 0.25) is 0 Å². The number of nitrogens with zero attached hydrogens (tertiary/aromatic N) is 1. The summed E-state index contributed by atoms with van der Waals surface area (Å²) in [5.74, 6) is 0. The number of rotatable bonds is 0. The summed E-state index contributed by atoms with van der Waals surface area (Å²) in [6, 6.07) is 3.46. The number of hydrogen-bond acceptors (Lipinski definition) is 2. The Morgan fingerprint density at radius 2 is 2.25 bits per heavy atom. The Hall–Kier alpha value is -0.360. The van der Waals surface area contributed by atoms with Crippen LogP contribution in [0.1, 0.15) is 5.69 Å². The van der Waals surface area contributed by atoms with Crippen molar-refractivity contribution in [3.05, 3.63) is 37.1 Å². The minimum absolute atomic E-state index is 0.0594. The van der Waals surface area contributed by atoms with Crippen molar-refractivity contribution in [2.45, 2.75) is 6.92 Å². The van der Waals surface area contributed by atoms with Gasteiger partial charge in [-0.1, -0.05) is 0 Å². The Kier molecular flexibility index (Phi) is 1.96. The van der Waals surface area contributed by atoms with Crippen molar-refractivity contribution >= 4 is 38.8 Å². The first-order valence-electron chi connectivity index (χ1n) is 3.45. The fourth-order valence-corrected chi connectivity index (χ4v) is 2.84. The quantitative estimate of drug-likeness (QED) is 0.682. The summed E-state index contributed by atoms with van der Waals surface area (Å²) in [6.07, 6.45) is 0. The van der Waals surface area contributed by atoms with Gasteiger partial charge < -0.3 is 0 Å². The number of aryl methyl sites for hydroxylation is 1. The van der Waals surface area contributed by atoms with Crippen LogP contribution in [0.3, 0.4) is 0 Å². The lowest BCUT2D eigenvalue weighted by Gasteiger charge is -1.95. The number of thiazole rings is 1. The monoisotopic (exact) mass is 291 g/mol. The third kappa shape index (κ3) is 1.09. The number of fused-ring (bicyclic) bond motifs is 1. The van der Waals surface area contributed by atoms with Crippen molar-refractivity contribution < 1.29 is 0 Å². The molecule has 0 aliphatic rings. The highest BCUT2D eigenvalue weighted by Gasteiger charge is 2.03. The minimum Gasteiger partial charge on any atom is -0.271 e. The molecule has 0 bridgehead atoms. The molecule has 0 N–H and O–H groups in total. The van der Waals surface area contributed by atoms with E-state index in [-0.39, 0.29) is 5.56 Å². The van der Waals surface area contributed by atoms with Gasteiger partial charge in [0.05, 0.1) is 0 Å². The molecule has 0 unspecified atom stereocenters. The van der Waals surface area contributed by atoms with Crippen LogP contribution in [0.15, 0.2) is 22.3 Å². The number of hydrogen-bond donors (Lipinski definition) is 0. The van der Waals surface area contributed by atoms with Crippen LogP contribution >= 0.6 is 33.9 Å². The molecule has 2 aromatic rings. The molecule has 0 aliphatic heterocycles. The third-order valence-corrected chi connectivity index (χ3v) is 4.02. The normalized spacial score (nSPS) is 10.8. The van der Waals surface area contributed by atoms with Gasteiger partial charge in [-0.2, -0.15) is 0 Å². The fraction of sp³-hybridized carbons (Fsp3) is 0.125. The number of aromatic nitrogens is 1. The molecule has 0 fully saturated rings. The molecule has 0 aliphatic carbocycles. The van der Waals surface area contributed by atoms with Gasteiger partial charge in [-0.25, -0.2) is 0 Å². The van der Waals surface area contributed by atoms with Crippen molar-refractivity contribution in [3.8, 4) is 0 Å². The second kappa shape index (κ2) is 2.85. The molecule has 0 spiro atoms. The van der Waals surface area contributed by atoms with Crippen molar-refractivity contribution in [3.63, 3.8) is 0 Å². The van der Waals surface area contributed by atoms with Crippen molar-refractivity contribution in [1.82, 2.24) is 4.40 Å². The molecule has 4 heteroatoms. The van der Waals surface area contributed by atoms with E-state index < -0.39 is 0 Å². The first-order valence-corrected chi connectivity index (χ1v) is 5.41. The summed E-state index contributed by atoms with van der Waals surface area (Å²) in [7, 11) is 0. The average Bonchev–Trinajstić information content (AvgIpc) is 2.42. The van der Waals surface area contributed by atoms with Crippen molar-refractivity contribution in [2.24, 2.45) is 0 Å². The van der Waals surface area contributed by atoms with Gasteiger partial charge >= 0.3 is 0 Å². The number of halogens is 1. The van der Waals surface area contributed by atoms with E-state index in [9.17, 15) is 4.79 Å². The Bertz CT molecular complexity index is 485. The van der Waals surface area contributed by atoms with E-state index in [1.54, 1.807) is 21.8 Å². The number of pyridine rings is 1. The van der Waals surface area contributed by atoms with E-state index in [2.05, 4.69) is 22.6 Å². The topological polar surface area (TPSA) is 21.5 Å². The van der Waals surface area contributed by atoms with Gasteiger partial charge in [0.25, 0.3) is 5.56 Å². The lowest BCUT2D eigenvalue weighted by molar-refractivity contribution is 1.05. The molecule has 0 saturated carbocycles. The summed E-state index contributed by atoms with van der Waals surface area (Å²) in [5, 5.41) is 2.00. The Labute approximate surface area is 87.0 Å². The molecular formula is C8H6INOS. The van der Waals surface area contributed by atoms with Crippen LogP contribution < -0.4 is 5.56 Å². The Morgan fingerprint density at radius 1 is 1.50 bits per heavy atom. The molecule has 0 saturated heterocycles. The van der Waals surface area contributed by atoms with Crippen molar-refractivity contribution in [1.29, 1.82) is 0 Å². The predicted octanol–water partition coefficient (Wildman–Crippen LogP) is 2.27. The van der Waals surface area contributed by atoms with Gasteiger partial charge in [-0.3, -0.25) is 9.20 Å². The molecule has 0 atom stereocenters. The maximum atomic E-state index is 11.4. The molecule has 0 amide bonds. The zero-order valence-electron chi connectivity index (χ0n) is 6.37. The van der Waals surface area contributed by atoms with Gasteiger partial charge in [0, 0.05) is 20.7 Å². The smallest absolute Gasteiger partial charge is 0.255 e. The van der Waals surface area contributed by atoms with Gasteiger partial charge in [0.1, 0.15) is 4.83 Å². The fourth-order valence-electron chi connectivity index (χ4n) is 1.13. The summed E-state index contributed by atoms with van der Waals surface area (Å²) in [5.41, 5.74) is 1.07. The zero-order chi connectivity index (χ0) is 8.72. The van der Waals surface area contributed by atoms with E-state index in [0.29, 0.717) is 0 Å². The summed E-state index contributed by atoms with van der Waals surface area (Å²) in [4.78, 5) is 12.4. The van der Waals surface area contributed by atoms with Gasteiger partial charge in [0.15, 0.2) is 0 Å². The highest BCUT2D eigenvalue weighted by molar-refractivity contribution is 14.1. The second-order valence-electron chi connectivity index (χ2n) is 2.54. The van der Waals surface area contributed by atoms with Crippen LogP contribution in [-0.2, 0) is 0 Å². The highest BCUT2D eigenvalue weighted by atomic mass is 127. The first kappa shape index (κ1) is 8.25. The minimum atomic E-state index is 0.0594. The van der Waals surface area contributed by atoms with E-state index in [1.165, 1.54) is 0 Å². The molecule has 2 heterocycles. The maximum absolute atomic E-state index is 11.4. The summed E-state index contributed by atoms with van der Waals surface area (Å²) in [6.45, 7) is 1.95. The third-order valence-electron chi connectivity index (χ3n) is 1.69. The maximum Gasteiger partial charge on any atom is 0.255 e. The molecule has 0 radical (unpaired) electrons. The SMILES string of the molecule is Cc1csc2c(I)ccc(=O)n12. The second-order valence-corrected chi connectivity index (χ2v) is 4.56. The molecule has 0 aromatic carbocycles. The van der Waals surface area contributed by atoms with Crippen LogP contribution in [0.2, 0.25) is 0 Å². The van der Waals surface area contributed by atoms with Crippen LogP contribution in [-0.4, -0.2) is 4.40 Å². The van der Waals surface area contributed by atoms with E-state index in [4.69, 9.17) is 0 Å².